The lowest BCUT2D eigenvalue weighted by atomic mass is 9.48. The molecule has 116 valence electrons. The zero-order chi connectivity index (χ0) is 14.8. The molecular weight excluding hydrogens is 260 g/mol. The van der Waals surface area contributed by atoms with Crippen LogP contribution in [-0.2, 0) is 4.79 Å². The molecule has 0 radical (unpaired) electrons. The molecule has 0 heterocycles. The van der Waals surface area contributed by atoms with Gasteiger partial charge in [0.1, 0.15) is 0 Å². The Morgan fingerprint density at radius 1 is 1.14 bits per heavy atom. The van der Waals surface area contributed by atoms with Crippen molar-refractivity contribution in [3.63, 3.8) is 0 Å². The first-order valence-electron chi connectivity index (χ1n) is 8.89. The Labute approximate surface area is 128 Å². The second kappa shape index (κ2) is 4.44. The molecule has 0 aromatic rings. The summed E-state index contributed by atoms with van der Waals surface area (Å²) in [5.74, 6) is 2.45. The normalized spacial score (nSPS) is 52.7. The first-order valence-corrected chi connectivity index (χ1v) is 8.89. The van der Waals surface area contributed by atoms with E-state index in [-0.39, 0.29) is 16.9 Å². The Hall–Kier alpha value is -0.630. The number of Topliss-reactive ketones (excluding diaryl/α,β-unsaturated/α-hetero) is 1. The number of carbonyl (C=O) groups excluding carboxylic acids is 1. The molecule has 2 nitrogen and oxygen atoms in total. The quantitative estimate of drug-likeness (QED) is 0.734. The molecule has 1 N–H and O–H groups in total. The first-order chi connectivity index (χ1) is 9.97. The van der Waals surface area contributed by atoms with Gasteiger partial charge < -0.3 is 5.11 Å². The summed E-state index contributed by atoms with van der Waals surface area (Å²) in [6, 6.07) is 0. The fraction of sp³-hybridized carbons (Fsp3) is 0.842. The van der Waals surface area contributed by atoms with Gasteiger partial charge in [0.25, 0.3) is 0 Å². The molecular formula is C19H28O2. The number of hydrogen-bond donors (Lipinski definition) is 1. The third-order valence-electron chi connectivity index (χ3n) is 7.82. The Kier molecular flexibility index (Phi) is 2.96. The van der Waals surface area contributed by atoms with Gasteiger partial charge in [-0.2, -0.15) is 0 Å². The van der Waals surface area contributed by atoms with Crippen LogP contribution in [0.1, 0.15) is 65.2 Å². The van der Waals surface area contributed by atoms with Gasteiger partial charge in [-0.05, 0) is 79.1 Å². The SMILES string of the molecule is C[C@]12CC[C@H]3[C@@H](CC=C4C(=O)CCC[C@@]43C)[C@@H]1CC[C@@H]2O. The number of rotatable bonds is 0. The lowest BCUT2D eigenvalue weighted by molar-refractivity contribution is -0.121. The van der Waals surface area contributed by atoms with Crippen LogP contribution >= 0.6 is 0 Å². The Morgan fingerprint density at radius 3 is 2.76 bits per heavy atom. The standard InChI is InChI=1S/C19H28O2/c1-18-10-3-4-16(20)15(18)6-5-12-13-7-8-17(21)19(13,2)11-9-14(12)18/h6,12-14,17,21H,3-5,7-11H2,1-2H3/t12-,13-,14-,17-,18+,19-/m0/s1. The summed E-state index contributed by atoms with van der Waals surface area (Å²) in [6.45, 7) is 4.68. The molecule has 6 atom stereocenters. The van der Waals surface area contributed by atoms with Crippen molar-refractivity contribution in [1.29, 1.82) is 0 Å². The van der Waals surface area contributed by atoms with Crippen LogP contribution in [0, 0.1) is 28.6 Å². The van der Waals surface area contributed by atoms with Crippen LogP contribution in [-0.4, -0.2) is 17.0 Å². The minimum absolute atomic E-state index is 0.102. The summed E-state index contributed by atoms with van der Waals surface area (Å²) >= 11 is 0. The zero-order valence-corrected chi connectivity index (χ0v) is 13.4. The largest absolute Gasteiger partial charge is 0.393 e. The van der Waals surface area contributed by atoms with E-state index in [0.717, 1.165) is 37.7 Å². The molecule has 0 spiro atoms. The van der Waals surface area contributed by atoms with E-state index in [4.69, 9.17) is 0 Å². The molecule has 3 saturated carbocycles. The molecule has 3 fully saturated rings. The highest BCUT2D eigenvalue weighted by molar-refractivity contribution is 5.97. The van der Waals surface area contributed by atoms with Crippen molar-refractivity contribution < 1.29 is 9.90 Å². The predicted molar refractivity (Wildman–Crippen MR) is 82.7 cm³/mol. The van der Waals surface area contributed by atoms with E-state index in [1.807, 2.05) is 0 Å². The van der Waals surface area contributed by atoms with Gasteiger partial charge in [0, 0.05) is 6.42 Å². The van der Waals surface area contributed by atoms with Crippen molar-refractivity contribution in [1.82, 2.24) is 0 Å². The number of carbonyl (C=O) groups is 1. The van der Waals surface area contributed by atoms with Crippen molar-refractivity contribution >= 4 is 5.78 Å². The van der Waals surface area contributed by atoms with Crippen LogP contribution in [0.2, 0.25) is 0 Å². The highest BCUT2D eigenvalue weighted by Crippen LogP contribution is 2.64. The van der Waals surface area contributed by atoms with Gasteiger partial charge in [0.15, 0.2) is 5.78 Å². The van der Waals surface area contributed by atoms with Gasteiger partial charge in [0.05, 0.1) is 6.10 Å². The number of aliphatic hydroxyl groups is 1. The van der Waals surface area contributed by atoms with Crippen molar-refractivity contribution in [3.8, 4) is 0 Å². The summed E-state index contributed by atoms with van der Waals surface area (Å²) in [5, 5.41) is 10.4. The maximum Gasteiger partial charge on any atom is 0.159 e. The molecule has 0 saturated heterocycles. The molecule has 0 aromatic carbocycles. The average molecular weight is 288 g/mol. The summed E-state index contributed by atoms with van der Waals surface area (Å²) in [7, 11) is 0. The number of hydrogen-bond acceptors (Lipinski definition) is 2. The fourth-order valence-corrected chi connectivity index (χ4v) is 6.57. The van der Waals surface area contributed by atoms with E-state index >= 15 is 0 Å². The van der Waals surface area contributed by atoms with Crippen LogP contribution < -0.4 is 0 Å². The lowest BCUT2D eigenvalue weighted by Gasteiger charge is -2.56. The topological polar surface area (TPSA) is 37.3 Å². The molecule has 0 unspecified atom stereocenters. The van der Waals surface area contributed by atoms with E-state index in [1.54, 1.807) is 0 Å². The molecule has 0 aliphatic heterocycles. The van der Waals surface area contributed by atoms with E-state index in [1.165, 1.54) is 19.3 Å². The van der Waals surface area contributed by atoms with Crippen LogP contribution in [0.3, 0.4) is 0 Å². The van der Waals surface area contributed by atoms with E-state index in [2.05, 4.69) is 19.9 Å². The van der Waals surface area contributed by atoms with Gasteiger partial charge in [0.2, 0.25) is 0 Å². The van der Waals surface area contributed by atoms with Gasteiger partial charge in [-0.1, -0.05) is 19.9 Å². The van der Waals surface area contributed by atoms with E-state index in [9.17, 15) is 9.90 Å². The van der Waals surface area contributed by atoms with Crippen LogP contribution in [0.4, 0.5) is 0 Å². The van der Waals surface area contributed by atoms with Gasteiger partial charge in [-0.25, -0.2) is 0 Å². The summed E-state index contributed by atoms with van der Waals surface area (Å²) in [4.78, 5) is 12.3. The Morgan fingerprint density at radius 2 is 1.95 bits per heavy atom. The van der Waals surface area contributed by atoms with Crippen molar-refractivity contribution in [3.05, 3.63) is 11.6 Å². The van der Waals surface area contributed by atoms with E-state index in [0.29, 0.717) is 23.5 Å². The van der Waals surface area contributed by atoms with Crippen molar-refractivity contribution in [2.24, 2.45) is 28.6 Å². The molecule has 2 heteroatoms. The lowest BCUT2D eigenvalue weighted by Crippen LogP contribution is -2.51. The monoisotopic (exact) mass is 288 g/mol. The summed E-state index contributed by atoms with van der Waals surface area (Å²) in [6.07, 6.45) is 10.8. The fourth-order valence-electron chi connectivity index (χ4n) is 6.57. The Balaban J connectivity index is 1.72. The average Bonchev–Trinajstić information content (AvgIpc) is 2.75. The number of aliphatic hydroxyl groups excluding tert-OH is 1. The molecule has 4 rings (SSSR count). The molecule has 4 aliphatic carbocycles. The predicted octanol–water partition coefficient (Wildman–Crippen LogP) is 3.88. The molecule has 4 aliphatic rings. The maximum atomic E-state index is 12.3. The third-order valence-corrected chi connectivity index (χ3v) is 7.82. The number of ketones is 1. The zero-order valence-electron chi connectivity index (χ0n) is 13.4. The van der Waals surface area contributed by atoms with Crippen molar-refractivity contribution in [2.45, 2.75) is 71.3 Å². The molecule has 21 heavy (non-hydrogen) atoms. The second-order valence-electron chi connectivity index (χ2n) is 8.56. The Bertz CT molecular complexity index is 508. The van der Waals surface area contributed by atoms with Crippen LogP contribution in [0.15, 0.2) is 11.6 Å². The second-order valence-corrected chi connectivity index (χ2v) is 8.56. The maximum absolute atomic E-state index is 12.3. The number of fused-ring (bicyclic) bond motifs is 5. The highest BCUT2D eigenvalue weighted by atomic mass is 16.3. The van der Waals surface area contributed by atoms with Gasteiger partial charge in [-0.15, -0.1) is 0 Å². The minimum atomic E-state index is -0.102. The van der Waals surface area contributed by atoms with Crippen LogP contribution in [0.25, 0.3) is 0 Å². The molecule has 0 bridgehead atoms. The first kappa shape index (κ1) is 14.0. The minimum Gasteiger partial charge on any atom is -0.393 e. The number of allylic oxidation sites excluding steroid dienone is 2. The summed E-state index contributed by atoms with van der Waals surface area (Å²) in [5.41, 5.74) is 1.44. The van der Waals surface area contributed by atoms with Gasteiger partial charge >= 0.3 is 0 Å². The molecule has 0 amide bonds. The molecule has 0 aromatic heterocycles. The van der Waals surface area contributed by atoms with Crippen molar-refractivity contribution in [2.75, 3.05) is 0 Å². The summed E-state index contributed by atoms with van der Waals surface area (Å²) < 4.78 is 0. The smallest absolute Gasteiger partial charge is 0.159 e. The van der Waals surface area contributed by atoms with Gasteiger partial charge in [-0.3, -0.25) is 4.79 Å². The van der Waals surface area contributed by atoms with E-state index < -0.39 is 0 Å². The third kappa shape index (κ3) is 1.72. The highest BCUT2D eigenvalue weighted by Gasteiger charge is 2.58. The van der Waals surface area contributed by atoms with Crippen LogP contribution in [0.5, 0.6) is 0 Å².